The number of carboxylic acids is 1. The average Bonchev–Trinajstić information content (AvgIpc) is 2.25. The number of aliphatic carboxylic acids is 1. The van der Waals surface area contributed by atoms with Crippen molar-refractivity contribution in [2.75, 3.05) is 13.2 Å². The van der Waals surface area contributed by atoms with Crippen LogP contribution < -0.4 is 0 Å². The molecule has 2 atom stereocenters. The summed E-state index contributed by atoms with van der Waals surface area (Å²) >= 11 is 0. The van der Waals surface area contributed by atoms with E-state index in [4.69, 9.17) is 9.84 Å². The normalized spacial score (nSPS) is 24.9. The molecule has 1 aliphatic heterocycles. The number of hydrogen-bond donors (Lipinski definition) is 1. The molecule has 0 spiro atoms. The SMILES string of the molecule is C=CCOC(=O)N1CC(C)CCC1C(=O)O. The summed E-state index contributed by atoms with van der Waals surface area (Å²) in [5.74, 6) is -0.658. The third-order valence-corrected chi connectivity index (χ3v) is 2.66. The molecule has 1 N–H and O–H groups in total. The molecule has 0 saturated carbocycles. The van der Waals surface area contributed by atoms with Gasteiger partial charge in [0, 0.05) is 6.54 Å². The monoisotopic (exact) mass is 227 g/mol. The smallest absolute Gasteiger partial charge is 0.410 e. The van der Waals surface area contributed by atoms with Crippen LogP contribution in [-0.4, -0.2) is 41.3 Å². The standard InChI is InChI=1S/C11H17NO4/c1-3-6-16-11(15)12-7-8(2)4-5-9(12)10(13)14/h3,8-9H,1,4-7H2,2H3,(H,13,14). The van der Waals surface area contributed by atoms with E-state index in [0.717, 1.165) is 6.42 Å². The molecule has 1 aliphatic rings. The van der Waals surface area contributed by atoms with Gasteiger partial charge in [-0.3, -0.25) is 4.90 Å². The predicted octanol–water partition coefficient (Wildman–Crippen LogP) is 1.49. The lowest BCUT2D eigenvalue weighted by molar-refractivity contribution is -0.144. The van der Waals surface area contributed by atoms with E-state index in [-0.39, 0.29) is 6.61 Å². The van der Waals surface area contributed by atoms with Gasteiger partial charge in [-0.1, -0.05) is 19.6 Å². The molecule has 1 amide bonds. The quantitative estimate of drug-likeness (QED) is 0.742. The lowest BCUT2D eigenvalue weighted by Crippen LogP contribution is -2.50. The Bertz CT molecular complexity index is 290. The molecule has 2 unspecified atom stereocenters. The van der Waals surface area contributed by atoms with Crippen molar-refractivity contribution >= 4 is 12.1 Å². The van der Waals surface area contributed by atoms with Crippen molar-refractivity contribution < 1.29 is 19.4 Å². The Labute approximate surface area is 94.7 Å². The Kier molecular flexibility index (Phi) is 4.34. The zero-order valence-electron chi connectivity index (χ0n) is 9.39. The Morgan fingerprint density at radius 3 is 2.81 bits per heavy atom. The summed E-state index contributed by atoms with van der Waals surface area (Å²) in [5.41, 5.74) is 0. The van der Waals surface area contributed by atoms with Gasteiger partial charge in [0.05, 0.1) is 0 Å². The van der Waals surface area contributed by atoms with Crippen molar-refractivity contribution in [1.82, 2.24) is 4.90 Å². The van der Waals surface area contributed by atoms with Crippen LogP contribution in [-0.2, 0) is 9.53 Å². The Hall–Kier alpha value is -1.52. The number of amides is 1. The third-order valence-electron chi connectivity index (χ3n) is 2.66. The highest BCUT2D eigenvalue weighted by molar-refractivity contribution is 5.80. The lowest BCUT2D eigenvalue weighted by atomic mass is 9.95. The first-order chi connectivity index (χ1) is 7.56. The van der Waals surface area contributed by atoms with Gasteiger partial charge in [-0.2, -0.15) is 0 Å². The maximum Gasteiger partial charge on any atom is 0.410 e. The molecule has 0 radical (unpaired) electrons. The third kappa shape index (κ3) is 2.98. The number of ether oxygens (including phenoxy) is 1. The van der Waals surface area contributed by atoms with Crippen molar-refractivity contribution in [3.05, 3.63) is 12.7 Å². The van der Waals surface area contributed by atoms with E-state index in [1.165, 1.54) is 11.0 Å². The fraction of sp³-hybridized carbons (Fsp3) is 0.636. The zero-order valence-corrected chi connectivity index (χ0v) is 9.39. The first kappa shape index (κ1) is 12.5. The topological polar surface area (TPSA) is 66.8 Å². The summed E-state index contributed by atoms with van der Waals surface area (Å²) < 4.78 is 4.86. The summed E-state index contributed by atoms with van der Waals surface area (Å²) in [6.07, 6.45) is 2.20. The van der Waals surface area contributed by atoms with Gasteiger partial charge in [-0.05, 0) is 18.8 Å². The van der Waals surface area contributed by atoms with Gasteiger partial charge in [-0.25, -0.2) is 9.59 Å². The number of carbonyl (C=O) groups excluding carboxylic acids is 1. The average molecular weight is 227 g/mol. The number of carboxylic acid groups (broad SMARTS) is 1. The summed E-state index contributed by atoms with van der Waals surface area (Å²) in [6.45, 7) is 5.97. The van der Waals surface area contributed by atoms with Crippen LogP contribution in [0.2, 0.25) is 0 Å². The number of piperidine rings is 1. The molecule has 0 aliphatic carbocycles. The van der Waals surface area contributed by atoms with Gasteiger partial charge in [0.2, 0.25) is 0 Å². The van der Waals surface area contributed by atoms with Crippen LogP contribution >= 0.6 is 0 Å². The van der Waals surface area contributed by atoms with Crippen LogP contribution in [0.1, 0.15) is 19.8 Å². The van der Waals surface area contributed by atoms with Crippen LogP contribution in [0.4, 0.5) is 4.79 Å². The van der Waals surface area contributed by atoms with Crippen LogP contribution in [0.25, 0.3) is 0 Å². The number of nitrogens with zero attached hydrogens (tertiary/aromatic N) is 1. The van der Waals surface area contributed by atoms with Crippen molar-refractivity contribution in [2.24, 2.45) is 5.92 Å². The Morgan fingerprint density at radius 2 is 2.25 bits per heavy atom. The minimum Gasteiger partial charge on any atom is -0.480 e. The van der Waals surface area contributed by atoms with Crippen LogP contribution in [0.5, 0.6) is 0 Å². The van der Waals surface area contributed by atoms with Crippen LogP contribution in [0.15, 0.2) is 12.7 Å². The molecule has 1 rings (SSSR count). The second-order valence-electron chi connectivity index (χ2n) is 4.05. The molecule has 1 heterocycles. The first-order valence-electron chi connectivity index (χ1n) is 5.33. The van der Waals surface area contributed by atoms with Gasteiger partial charge >= 0.3 is 12.1 Å². The highest BCUT2D eigenvalue weighted by Crippen LogP contribution is 2.22. The van der Waals surface area contributed by atoms with Crippen molar-refractivity contribution in [2.45, 2.75) is 25.8 Å². The number of carbonyl (C=O) groups is 2. The number of likely N-dealkylation sites (tertiary alicyclic amines) is 1. The van der Waals surface area contributed by atoms with Crippen molar-refractivity contribution in [1.29, 1.82) is 0 Å². The number of hydrogen-bond acceptors (Lipinski definition) is 3. The molecule has 0 aromatic carbocycles. The van der Waals surface area contributed by atoms with Crippen molar-refractivity contribution in [3.63, 3.8) is 0 Å². The van der Waals surface area contributed by atoms with E-state index in [0.29, 0.717) is 18.9 Å². The highest BCUT2D eigenvalue weighted by Gasteiger charge is 2.35. The molecule has 0 bridgehead atoms. The molecule has 90 valence electrons. The van der Waals surface area contributed by atoms with Crippen LogP contribution in [0, 0.1) is 5.92 Å². The minimum atomic E-state index is -0.970. The van der Waals surface area contributed by atoms with E-state index in [1.54, 1.807) is 0 Å². The second-order valence-corrected chi connectivity index (χ2v) is 4.05. The fourth-order valence-corrected chi connectivity index (χ4v) is 1.82. The van der Waals surface area contributed by atoms with E-state index < -0.39 is 18.1 Å². The van der Waals surface area contributed by atoms with Crippen LogP contribution in [0.3, 0.4) is 0 Å². The Balaban J connectivity index is 2.66. The maximum atomic E-state index is 11.6. The summed E-state index contributed by atoms with van der Waals surface area (Å²) in [5, 5.41) is 9.00. The summed E-state index contributed by atoms with van der Waals surface area (Å²) in [6, 6.07) is -0.756. The minimum absolute atomic E-state index is 0.107. The largest absolute Gasteiger partial charge is 0.480 e. The second kappa shape index (κ2) is 5.53. The summed E-state index contributed by atoms with van der Waals surface area (Å²) in [7, 11) is 0. The maximum absolute atomic E-state index is 11.6. The zero-order chi connectivity index (χ0) is 12.1. The molecule has 0 aromatic rings. The van der Waals surface area contributed by atoms with E-state index in [1.807, 2.05) is 6.92 Å². The highest BCUT2D eigenvalue weighted by atomic mass is 16.6. The first-order valence-corrected chi connectivity index (χ1v) is 5.33. The van der Waals surface area contributed by atoms with E-state index in [9.17, 15) is 9.59 Å². The molecular weight excluding hydrogens is 210 g/mol. The predicted molar refractivity (Wildman–Crippen MR) is 58.1 cm³/mol. The molecule has 5 nitrogen and oxygen atoms in total. The van der Waals surface area contributed by atoms with Crippen molar-refractivity contribution in [3.8, 4) is 0 Å². The molecule has 5 heteroatoms. The molecular formula is C11H17NO4. The van der Waals surface area contributed by atoms with E-state index in [2.05, 4.69) is 6.58 Å². The van der Waals surface area contributed by atoms with Gasteiger partial charge < -0.3 is 9.84 Å². The van der Waals surface area contributed by atoms with Gasteiger partial charge in [0.1, 0.15) is 12.6 Å². The fourth-order valence-electron chi connectivity index (χ4n) is 1.82. The summed E-state index contributed by atoms with van der Waals surface area (Å²) in [4.78, 5) is 23.9. The lowest BCUT2D eigenvalue weighted by Gasteiger charge is -2.35. The molecule has 1 saturated heterocycles. The molecule has 16 heavy (non-hydrogen) atoms. The van der Waals surface area contributed by atoms with Gasteiger partial charge in [0.25, 0.3) is 0 Å². The molecule has 0 aromatic heterocycles. The number of rotatable bonds is 3. The Morgan fingerprint density at radius 1 is 1.56 bits per heavy atom. The van der Waals surface area contributed by atoms with Gasteiger partial charge in [-0.15, -0.1) is 0 Å². The molecule has 1 fully saturated rings. The van der Waals surface area contributed by atoms with E-state index >= 15 is 0 Å². The van der Waals surface area contributed by atoms with Gasteiger partial charge in [0.15, 0.2) is 0 Å².